The maximum atomic E-state index is 12.2. The Balaban J connectivity index is 1.94. The Morgan fingerprint density at radius 2 is 1.60 bits per heavy atom. The van der Waals surface area contributed by atoms with Crippen LogP contribution in [0.25, 0.3) is 0 Å². The highest BCUT2D eigenvalue weighted by molar-refractivity contribution is 7.89. The van der Waals surface area contributed by atoms with E-state index in [-0.39, 0.29) is 11.4 Å². The molecule has 0 fully saturated rings. The standard InChI is InChI=1S/C16H16F3NO4S/c1-12(23-13-5-3-2-4-6-13)11-20-25(21,22)15-9-7-14(8-10-15)24-16(17,18)19/h2-10,12,20H,11H2,1H3. The maximum absolute atomic E-state index is 12.2. The Hall–Kier alpha value is -2.26. The molecule has 9 heteroatoms. The van der Waals surface area contributed by atoms with Crippen molar-refractivity contribution in [2.75, 3.05) is 6.54 Å². The number of hydrogen-bond donors (Lipinski definition) is 1. The minimum atomic E-state index is -4.83. The Morgan fingerprint density at radius 3 is 2.16 bits per heavy atom. The van der Waals surface area contributed by atoms with Gasteiger partial charge in [0, 0.05) is 6.54 Å². The molecule has 0 aliphatic heterocycles. The van der Waals surface area contributed by atoms with Crippen LogP contribution in [0.5, 0.6) is 11.5 Å². The molecule has 0 saturated carbocycles. The molecule has 0 spiro atoms. The van der Waals surface area contributed by atoms with Crippen molar-refractivity contribution in [3.63, 3.8) is 0 Å². The summed E-state index contributed by atoms with van der Waals surface area (Å²) in [5.41, 5.74) is 0. The number of benzene rings is 2. The Morgan fingerprint density at radius 1 is 1.00 bits per heavy atom. The van der Waals surface area contributed by atoms with Crippen molar-refractivity contribution in [2.45, 2.75) is 24.3 Å². The van der Waals surface area contributed by atoms with Gasteiger partial charge in [0.15, 0.2) is 0 Å². The first-order valence-corrected chi connectivity index (χ1v) is 8.71. The Bertz CT molecular complexity index is 777. The fraction of sp³-hybridized carbons (Fsp3) is 0.250. The van der Waals surface area contributed by atoms with Gasteiger partial charge in [0.2, 0.25) is 10.0 Å². The van der Waals surface area contributed by atoms with Crippen molar-refractivity contribution >= 4 is 10.0 Å². The van der Waals surface area contributed by atoms with Gasteiger partial charge < -0.3 is 9.47 Å². The first-order chi connectivity index (χ1) is 11.7. The highest BCUT2D eigenvalue weighted by atomic mass is 32.2. The molecule has 2 aromatic rings. The SMILES string of the molecule is CC(CNS(=O)(=O)c1ccc(OC(F)(F)F)cc1)Oc1ccccc1. The maximum Gasteiger partial charge on any atom is 0.573 e. The van der Waals surface area contributed by atoms with Crippen LogP contribution in [0.3, 0.4) is 0 Å². The minimum Gasteiger partial charge on any atom is -0.489 e. The van der Waals surface area contributed by atoms with Gasteiger partial charge in [-0.25, -0.2) is 13.1 Å². The first-order valence-electron chi connectivity index (χ1n) is 7.23. The Kier molecular flexibility index (Phi) is 5.91. The van der Waals surface area contributed by atoms with Crippen LogP contribution in [0.15, 0.2) is 59.5 Å². The molecular weight excluding hydrogens is 359 g/mol. The molecule has 0 amide bonds. The molecule has 0 bridgehead atoms. The predicted molar refractivity (Wildman–Crippen MR) is 84.8 cm³/mol. The van der Waals surface area contributed by atoms with Gasteiger partial charge in [-0.2, -0.15) is 0 Å². The quantitative estimate of drug-likeness (QED) is 0.806. The molecule has 136 valence electrons. The van der Waals surface area contributed by atoms with E-state index in [1.165, 1.54) is 0 Å². The summed E-state index contributed by atoms with van der Waals surface area (Å²) >= 11 is 0. The van der Waals surface area contributed by atoms with Crippen molar-refractivity contribution in [3.05, 3.63) is 54.6 Å². The van der Waals surface area contributed by atoms with Crippen molar-refractivity contribution in [1.29, 1.82) is 0 Å². The number of hydrogen-bond acceptors (Lipinski definition) is 4. The van der Waals surface area contributed by atoms with Gasteiger partial charge in [-0.3, -0.25) is 0 Å². The van der Waals surface area contributed by atoms with E-state index < -0.39 is 28.2 Å². The van der Waals surface area contributed by atoms with Gasteiger partial charge in [0.1, 0.15) is 17.6 Å². The van der Waals surface area contributed by atoms with Crippen LogP contribution in [0.2, 0.25) is 0 Å². The summed E-state index contributed by atoms with van der Waals surface area (Å²) < 4.78 is 72.2. The van der Waals surface area contributed by atoms with Crippen molar-refractivity contribution in [3.8, 4) is 11.5 Å². The van der Waals surface area contributed by atoms with Crippen molar-refractivity contribution < 1.29 is 31.1 Å². The van der Waals surface area contributed by atoms with E-state index in [1.54, 1.807) is 31.2 Å². The zero-order chi connectivity index (χ0) is 18.5. The van der Waals surface area contributed by atoms with Crippen LogP contribution in [-0.2, 0) is 10.0 Å². The third-order valence-corrected chi connectivity index (χ3v) is 4.45. The van der Waals surface area contributed by atoms with E-state index in [9.17, 15) is 21.6 Å². The average molecular weight is 375 g/mol. The number of sulfonamides is 1. The van der Waals surface area contributed by atoms with E-state index in [0.717, 1.165) is 24.3 Å². The van der Waals surface area contributed by atoms with Crippen LogP contribution in [0, 0.1) is 0 Å². The van der Waals surface area contributed by atoms with Crippen LogP contribution in [0.4, 0.5) is 13.2 Å². The third-order valence-electron chi connectivity index (χ3n) is 3.01. The van der Waals surface area contributed by atoms with Gasteiger partial charge in [-0.15, -0.1) is 13.2 Å². The summed E-state index contributed by atoms with van der Waals surface area (Å²) in [4.78, 5) is -0.172. The lowest BCUT2D eigenvalue weighted by atomic mass is 10.3. The van der Waals surface area contributed by atoms with Crippen LogP contribution in [-0.4, -0.2) is 27.4 Å². The zero-order valence-corrected chi connectivity index (χ0v) is 14.0. The van der Waals surface area contributed by atoms with Crippen LogP contribution < -0.4 is 14.2 Å². The molecule has 0 heterocycles. The van der Waals surface area contributed by atoms with Crippen molar-refractivity contribution in [2.24, 2.45) is 0 Å². The normalized spacial score (nSPS) is 13.3. The van der Waals surface area contributed by atoms with Crippen LogP contribution in [0.1, 0.15) is 6.92 Å². The second-order valence-electron chi connectivity index (χ2n) is 5.11. The van der Waals surface area contributed by atoms with E-state index in [4.69, 9.17) is 4.74 Å². The van der Waals surface area contributed by atoms with Crippen molar-refractivity contribution in [1.82, 2.24) is 4.72 Å². The number of nitrogens with one attached hydrogen (secondary N) is 1. The summed E-state index contributed by atoms with van der Waals surface area (Å²) in [6, 6.07) is 12.8. The molecule has 0 saturated heterocycles. The lowest BCUT2D eigenvalue weighted by Crippen LogP contribution is -2.33. The minimum absolute atomic E-state index is 0.00195. The molecule has 2 aromatic carbocycles. The fourth-order valence-electron chi connectivity index (χ4n) is 1.90. The van der Waals surface area contributed by atoms with E-state index in [1.807, 2.05) is 6.07 Å². The molecule has 5 nitrogen and oxygen atoms in total. The molecule has 2 rings (SSSR count). The number of alkyl halides is 3. The number of para-hydroxylation sites is 1. The monoisotopic (exact) mass is 375 g/mol. The molecule has 0 aliphatic rings. The van der Waals surface area contributed by atoms with E-state index in [2.05, 4.69) is 9.46 Å². The summed E-state index contributed by atoms with van der Waals surface area (Å²) in [5.74, 6) is 0.107. The lowest BCUT2D eigenvalue weighted by molar-refractivity contribution is -0.274. The van der Waals surface area contributed by atoms with Gasteiger partial charge >= 0.3 is 6.36 Å². The fourth-order valence-corrected chi connectivity index (χ4v) is 3.02. The average Bonchev–Trinajstić information content (AvgIpc) is 2.53. The van der Waals surface area contributed by atoms with E-state index >= 15 is 0 Å². The molecule has 0 aromatic heterocycles. The second-order valence-corrected chi connectivity index (χ2v) is 6.88. The smallest absolute Gasteiger partial charge is 0.489 e. The first kappa shape index (κ1) is 19.1. The Labute approximate surface area is 143 Å². The number of rotatable bonds is 7. The topological polar surface area (TPSA) is 64.6 Å². The summed E-state index contributed by atoms with van der Waals surface area (Å²) in [5, 5.41) is 0. The predicted octanol–water partition coefficient (Wildman–Crippen LogP) is 3.33. The summed E-state index contributed by atoms with van der Waals surface area (Å²) in [6.07, 6.45) is -5.27. The largest absolute Gasteiger partial charge is 0.573 e. The van der Waals surface area contributed by atoms with Gasteiger partial charge in [-0.1, -0.05) is 18.2 Å². The summed E-state index contributed by atoms with van der Waals surface area (Å²) in [6.45, 7) is 1.69. The molecule has 1 unspecified atom stereocenters. The lowest BCUT2D eigenvalue weighted by Gasteiger charge is -2.16. The second kappa shape index (κ2) is 7.75. The highest BCUT2D eigenvalue weighted by Crippen LogP contribution is 2.23. The molecule has 25 heavy (non-hydrogen) atoms. The highest BCUT2D eigenvalue weighted by Gasteiger charge is 2.31. The number of ether oxygens (including phenoxy) is 2. The molecule has 0 aliphatic carbocycles. The van der Waals surface area contributed by atoms with Crippen LogP contribution >= 0.6 is 0 Å². The molecule has 1 atom stereocenters. The van der Waals surface area contributed by atoms with Gasteiger partial charge in [0.05, 0.1) is 4.90 Å². The zero-order valence-electron chi connectivity index (χ0n) is 13.2. The number of halogens is 3. The van der Waals surface area contributed by atoms with Gasteiger partial charge in [-0.05, 0) is 43.3 Å². The molecule has 1 N–H and O–H groups in total. The molecular formula is C16H16F3NO4S. The molecule has 0 radical (unpaired) electrons. The van der Waals surface area contributed by atoms with E-state index in [0.29, 0.717) is 5.75 Å². The van der Waals surface area contributed by atoms with Gasteiger partial charge in [0.25, 0.3) is 0 Å². The summed E-state index contributed by atoms with van der Waals surface area (Å²) in [7, 11) is -3.87. The third kappa shape index (κ3) is 6.28.